The van der Waals surface area contributed by atoms with Gasteiger partial charge in [-0.1, -0.05) is 11.6 Å². The highest BCUT2D eigenvalue weighted by Gasteiger charge is 2.30. The summed E-state index contributed by atoms with van der Waals surface area (Å²) in [6, 6.07) is 4.18. The van der Waals surface area contributed by atoms with E-state index in [9.17, 15) is 22.8 Å². The molecule has 1 aromatic carbocycles. The molecule has 0 spiro atoms. The van der Waals surface area contributed by atoms with Crippen LogP contribution >= 0.6 is 0 Å². The molecule has 0 atom stereocenters. The second kappa shape index (κ2) is 6.92. The number of hydrogen-bond acceptors (Lipinski definition) is 3. The van der Waals surface area contributed by atoms with Crippen molar-refractivity contribution in [3.8, 4) is 0 Å². The van der Waals surface area contributed by atoms with Gasteiger partial charge in [-0.25, -0.2) is 4.79 Å². The molecule has 0 unspecified atom stereocenters. The quantitative estimate of drug-likeness (QED) is 0.686. The van der Waals surface area contributed by atoms with Crippen LogP contribution in [0.1, 0.15) is 19.4 Å². The van der Waals surface area contributed by atoms with E-state index in [4.69, 9.17) is 0 Å². The number of nitrogens with one attached hydrogen (secondary N) is 1. The summed E-state index contributed by atoms with van der Waals surface area (Å²) in [5, 5.41) is 2.23. The molecule has 1 rings (SSSR count). The largest absolute Gasteiger partial charge is 0.452 e. The van der Waals surface area contributed by atoms with Crippen molar-refractivity contribution in [2.24, 2.45) is 0 Å². The molecule has 1 amide bonds. The molecule has 0 aliphatic carbocycles. The molecule has 1 N–H and O–H groups in total. The molecule has 0 fully saturated rings. The number of benzene rings is 1. The Morgan fingerprint density at radius 3 is 2.52 bits per heavy atom. The van der Waals surface area contributed by atoms with Gasteiger partial charge in [0.1, 0.15) is 0 Å². The maximum absolute atomic E-state index is 12.5. The second-order valence-corrected chi connectivity index (χ2v) is 4.46. The van der Waals surface area contributed by atoms with Gasteiger partial charge in [0.15, 0.2) is 6.61 Å². The van der Waals surface area contributed by atoms with Gasteiger partial charge >= 0.3 is 12.1 Å². The lowest BCUT2D eigenvalue weighted by molar-refractivity contribution is -0.142. The molecule has 0 aliphatic heterocycles. The lowest BCUT2D eigenvalue weighted by Gasteiger charge is -2.09. The number of carbonyl (C=O) groups excluding carboxylic acids is 2. The van der Waals surface area contributed by atoms with Gasteiger partial charge in [-0.3, -0.25) is 4.79 Å². The minimum absolute atomic E-state index is 0.0203. The Bertz CT molecular complexity index is 561. The third-order valence-corrected chi connectivity index (χ3v) is 2.23. The highest BCUT2D eigenvalue weighted by Crippen LogP contribution is 2.30. The summed E-state index contributed by atoms with van der Waals surface area (Å²) in [7, 11) is 0. The normalized spacial score (nSPS) is 10.7. The smallest absolute Gasteiger partial charge is 0.416 e. The fraction of sp³-hybridized carbons (Fsp3) is 0.286. The van der Waals surface area contributed by atoms with E-state index in [0.717, 1.165) is 12.1 Å². The molecule has 4 nitrogen and oxygen atoms in total. The monoisotopic (exact) mass is 301 g/mol. The number of carbonyl (C=O) groups is 2. The van der Waals surface area contributed by atoms with Crippen molar-refractivity contribution in [2.45, 2.75) is 20.0 Å². The molecule has 0 bridgehead atoms. The molecule has 114 valence electrons. The summed E-state index contributed by atoms with van der Waals surface area (Å²) in [5.74, 6) is -1.40. The molecule has 0 radical (unpaired) electrons. The summed E-state index contributed by atoms with van der Waals surface area (Å²) < 4.78 is 42.1. The van der Waals surface area contributed by atoms with Crippen LogP contribution in [0.25, 0.3) is 0 Å². The van der Waals surface area contributed by atoms with E-state index in [0.29, 0.717) is 5.57 Å². The number of esters is 1. The highest BCUT2D eigenvalue weighted by atomic mass is 19.4. The molecular weight excluding hydrogens is 287 g/mol. The lowest BCUT2D eigenvalue weighted by Crippen LogP contribution is -2.20. The Morgan fingerprint density at radius 2 is 1.95 bits per heavy atom. The molecule has 0 saturated carbocycles. The van der Waals surface area contributed by atoms with Crippen LogP contribution in [0, 0.1) is 0 Å². The van der Waals surface area contributed by atoms with Crippen LogP contribution in [0.3, 0.4) is 0 Å². The van der Waals surface area contributed by atoms with Crippen molar-refractivity contribution in [1.82, 2.24) is 0 Å². The summed E-state index contributed by atoms with van der Waals surface area (Å²) in [6.07, 6.45) is -3.28. The number of anilines is 1. The Labute approximate surface area is 119 Å². The van der Waals surface area contributed by atoms with Gasteiger partial charge in [0.25, 0.3) is 5.91 Å². The van der Waals surface area contributed by atoms with Crippen LogP contribution < -0.4 is 5.32 Å². The summed E-state index contributed by atoms with van der Waals surface area (Å²) in [6.45, 7) is 2.80. The van der Waals surface area contributed by atoms with Crippen LogP contribution in [0.5, 0.6) is 0 Å². The van der Waals surface area contributed by atoms with Gasteiger partial charge in [0.2, 0.25) is 0 Å². The Morgan fingerprint density at radius 1 is 1.29 bits per heavy atom. The average molecular weight is 301 g/mol. The van der Waals surface area contributed by atoms with Crippen molar-refractivity contribution >= 4 is 17.6 Å². The molecule has 0 aliphatic rings. The van der Waals surface area contributed by atoms with Crippen molar-refractivity contribution in [1.29, 1.82) is 0 Å². The van der Waals surface area contributed by atoms with Crippen LogP contribution in [0.2, 0.25) is 0 Å². The zero-order chi connectivity index (χ0) is 16.0. The number of amides is 1. The van der Waals surface area contributed by atoms with Gasteiger partial charge in [-0.2, -0.15) is 13.2 Å². The predicted molar refractivity (Wildman–Crippen MR) is 70.5 cm³/mol. The predicted octanol–water partition coefficient (Wildman–Crippen LogP) is 3.15. The number of rotatable bonds is 4. The Kier molecular flexibility index (Phi) is 5.52. The number of allylic oxidation sites excluding steroid dienone is 1. The zero-order valence-corrected chi connectivity index (χ0v) is 11.5. The lowest BCUT2D eigenvalue weighted by atomic mass is 10.2. The van der Waals surface area contributed by atoms with Crippen molar-refractivity contribution in [2.75, 3.05) is 11.9 Å². The van der Waals surface area contributed by atoms with Crippen molar-refractivity contribution in [3.63, 3.8) is 0 Å². The van der Waals surface area contributed by atoms with Gasteiger partial charge < -0.3 is 10.1 Å². The van der Waals surface area contributed by atoms with E-state index in [1.807, 2.05) is 0 Å². The summed E-state index contributed by atoms with van der Waals surface area (Å²) in [5.41, 5.74) is -0.187. The standard InChI is InChI=1S/C14H14F3NO3/c1-9(2)6-13(20)21-8-12(19)18-11-5-3-4-10(7-11)14(15,16)17/h3-7H,8H2,1-2H3,(H,18,19). The van der Waals surface area contributed by atoms with E-state index in [1.54, 1.807) is 13.8 Å². The van der Waals surface area contributed by atoms with E-state index in [2.05, 4.69) is 10.1 Å². The molecule has 21 heavy (non-hydrogen) atoms. The summed E-state index contributed by atoms with van der Waals surface area (Å²) in [4.78, 5) is 22.6. The Balaban J connectivity index is 2.60. The van der Waals surface area contributed by atoms with Crippen molar-refractivity contribution < 1.29 is 27.5 Å². The molecule has 0 heterocycles. The van der Waals surface area contributed by atoms with Crippen LogP contribution in [0.15, 0.2) is 35.9 Å². The topological polar surface area (TPSA) is 55.4 Å². The van der Waals surface area contributed by atoms with Gasteiger partial charge in [0, 0.05) is 11.8 Å². The summed E-state index contributed by atoms with van der Waals surface area (Å²) >= 11 is 0. The third kappa shape index (κ3) is 6.11. The Hall–Kier alpha value is -2.31. The molecule has 7 heteroatoms. The maximum atomic E-state index is 12.5. The molecule has 1 aromatic rings. The van der Waals surface area contributed by atoms with Crippen LogP contribution in [-0.2, 0) is 20.5 Å². The fourth-order valence-electron chi connectivity index (χ4n) is 1.38. The zero-order valence-electron chi connectivity index (χ0n) is 11.5. The van der Waals surface area contributed by atoms with Gasteiger partial charge in [0.05, 0.1) is 5.56 Å². The molecule has 0 saturated heterocycles. The second-order valence-electron chi connectivity index (χ2n) is 4.46. The number of alkyl halides is 3. The SMILES string of the molecule is CC(C)=CC(=O)OCC(=O)Nc1cccc(C(F)(F)F)c1. The first-order valence-corrected chi connectivity index (χ1v) is 5.97. The minimum Gasteiger partial charge on any atom is -0.452 e. The highest BCUT2D eigenvalue weighted by molar-refractivity contribution is 5.93. The third-order valence-electron chi connectivity index (χ3n) is 2.23. The van der Waals surface area contributed by atoms with E-state index in [1.165, 1.54) is 18.2 Å². The first-order valence-electron chi connectivity index (χ1n) is 5.97. The number of hydrogen-bond donors (Lipinski definition) is 1. The van der Waals surface area contributed by atoms with E-state index >= 15 is 0 Å². The first-order chi connectivity index (χ1) is 9.68. The average Bonchev–Trinajstić information content (AvgIpc) is 2.35. The minimum atomic E-state index is -4.49. The number of halogens is 3. The maximum Gasteiger partial charge on any atom is 0.416 e. The van der Waals surface area contributed by atoms with Gasteiger partial charge in [-0.15, -0.1) is 0 Å². The first kappa shape index (κ1) is 16.7. The van der Waals surface area contributed by atoms with Crippen LogP contribution in [-0.4, -0.2) is 18.5 Å². The number of ether oxygens (including phenoxy) is 1. The van der Waals surface area contributed by atoms with E-state index < -0.39 is 30.2 Å². The van der Waals surface area contributed by atoms with Crippen molar-refractivity contribution in [3.05, 3.63) is 41.5 Å². The van der Waals surface area contributed by atoms with Crippen LogP contribution in [0.4, 0.5) is 18.9 Å². The molecular formula is C14H14F3NO3. The van der Waals surface area contributed by atoms with Gasteiger partial charge in [-0.05, 0) is 32.0 Å². The fourth-order valence-corrected chi connectivity index (χ4v) is 1.38. The molecule has 0 aromatic heterocycles. The van der Waals surface area contributed by atoms with E-state index in [-0.39, 0.29) is 5.69 Å².